The monoisotopic (exact) mass is 487 g/mol. The van der Waals surface area contributed by atoms with E-state index in [1.807, 2.05) is 81.4 Å². The first-order valence-corrected chi connectivity index (χ1v) is 11.7. The van der Waals surface area contributed by atoms with Crippen LogP contribution in [0.25, 0.3) is 0 Å². The van der Waals surface area contributed by atoms with Crippen LogP contribution in [0.5, 0.6) is 0 Å². The first-order valence-electron chi connectivity index (χ1n) is 11.7. The minimum Gasteiger partial charge on any atom is -0.465 e. The number of carboxylic acid groups (broad SMARTS) is 1. The van der Waals surface area contributed by atoms with Gasteiger partial charge in [-0.2, -0.15) is 0 Å². The van der Waals surface area contributed by atoms with Gasteiger partial charge < -0.3 is 36.0 Å². The number of carbonyl (C=O) groups excluding carboxylic acids is 1. The molecule has 6 N–H and O–H groups in total. The summed E-state index contributed by atoms with van der Waals surface area (Å²) in [6.45, 7) is 5.55. The Morgan fingerprint density at radius 1 is 0.857 bits per heavy atom. The molecule has 0 heterocycles. The molecule has 0 aliphatic heterocycles. The molecule has 2 amide bonds. The molecule has 35 heavy (non-hydrogen) atoms. The molecule has 0 aliphatic rings. The maximum absolute atomic E-state index is 12.3. The predicted molar refractivity (Wildman–Crippen MR) is 133 cm³/mol. The molecule has 0 radical (unpaired) electrons. The molecule has 2 aromatic rings. The number of carbonyl (C=O) groups is 2. The third-order valence-corrected chi connectivity index (χ3v) is 5.22. The number of amides is 2. The van der Waals surface area contributed by atoms with Crippen LogP contribution in [0.15, 0.2) is 60.7 Å². The van der Waals surface area contributed by atoms with Crippen molar-refractivity contribution >= 4 is 12.2 Å². The predicted octanol–water partition coefficient (Wildman–Crippen LogP) is 2.31. The van der Waals surface area contributed by atoms with Gasteiger partial charge in [-0.25, -0.2) is 9.59 Å². The third kappa shape index (κ3) is 11.2. The molecule has 192 valence electrons. The lowest BCUT2D eigenvalue weighted by molar-refractivity contribution is -0.0000824. The Balaban J connectivity index is 1.97. The molecule has 2 rings (SSSR count). The van der Waals surface area contributed by atoms with Gasteiger partial charge in [-0.3, -0.25) is 0 Å². The van der Waals surface area contributed by atoms with Gasteiger partial charge in [-0.15, -0.1) is 0 Å². The lowest BCUT2D eigenvalue weighted by Gasteiger charge is -2.28. The van der Waals surface area contributed by atoms with Gasteiger partial charge in [0.2, 0.25) is 0 Å². The van der Waals surface area contributed by atoms with Crippen molar-refractivity contribution in [2.24, 2.45) is 0 Å². The fraction of sp³-hybridized carbons (Fsp3) is 0.462. The zero-order chi connectivity index (χ0) is 25.8. The second-order valence-electron chi connectivity index (χ2n) is 9.55. The Bertz CT molecular complexity index is 904. The van der Waals surface area contributed by atoms with Crippen LogP contribution in [0.2, 0.25) is 0 Å². The molecule has 1 unspecified atom stereocenters. The van der Waals surface area contributed by atoms with Crippen LogP contribution in [0.3, 0.4) is 0 Å². The molecular weight excluding hydrogens is 450 g/mol. The van der Waals surface area contributed by atoms with Crippen LogP contribution in [0.1, 0.15) is 31.9 Å². The SMILES string of the molecule is CC(C)(C)NC(=O)O[C@@H](Cc1ccccc1)C(O)CNC[C@@H](O)[C@H](Cc1ccccc1)NC(=O)O. The number of hydrogen-bond donors (Lipinski definition) is 6. The van der Waals surface area contributed by atoms with Crippen LogP contribution in [-0.2, 0) is 17.6 Å². The maximum atomic E-state index is 12.3. The smallest absolute Gasteiger partial charge is 0.407 e. The van der Waals surface area contributed by atoms with Crippen molar-refractivity contribution in [3.05, 3.63) is 71.8 Å². The molecule has 0 bridgehead atoms. The van der Waals surface area contributed by atoms with Gasteiger partial charge in [0.1, 0.15) is 12.2 Å². The van der Waals surface area contributed by atoms with Crippen LogP contribution < -0.4 is 16.0 Å². The summed E-state index contributed by atoms with van der Waals surface area (Å²) in [7, 11) is 0. The Hall–Kier alpha value is -3.14. The molecule has 9 nitrogen and oxygen atoms in total. The van der Waals surface area contributed by atoms with Gasteiger partial charge >= 0.3 is 12.2 Å². The lowest BCUT2D eigenvalue weighted by atomic mass is 10.0. The average Bonchev–Trinajstić information content (AvgIpc) is 2.78. The number of ether oxygens (including phenoxy) is 1. The fourth-order valence-corrected chi connectivity index (χ4v) is 3.54. The number of aliphatic hydroxyl groups is 2. The average molecular weight is 488 g/mol. The third-order valence-electron chi connectivity index (χ3n) is 5.22. The first kappa shape index (κ1) is 28.1. The number of nitrogens with one attached hydrogen (secondary N) is 3. The first-order chi connectivity index (χ1) is 16.5. The van der Waals surface area contributed by atoms with E-state index in [2.05, 4.69) is 16.0 Å². The Kier molecular flexibility index (Phi) is 11.0. The minimum absolute atomic E-state index is 0.0289. The van der Waals surface area contributed by atoms with E-state index in [9.17, 15) is 19.8 Å². The van der Waals surface area contributed by atoms with Gasteiger partial charge in [-0.1, -0.05) is 60.7 Å². The summed E-state index contributed by atoms with van der Waals surface area (Å²) >= 11 is 0. The summed E-state index contributed by atoms with van der Waals surface area (Å²) in [6, 6.07) is 17.9. The zero-order valence-corrected chi connectivity index (χ0v) is 20.5. The quantitative estimate of drug-likeness (QED) is 0.270. The number of rotatable bonds is 12. The van der Waals surface area contributed by atoms with Crippen molar-refractivity contribution in [1.82, 2.24) is 16.0 Å². The summed E-state index contributed by atoms with van der Waals surface area (Å²) in [5.74, 6) is 0. The Morgan fingerprint density at radius 2 is 1.37 bits per heavy atom. The molecule has 0 spiro atoms. The van der Waals surface area contributed by atoms with Crippen LogP contribution in [-0.4, -0.2) is 70.5 Å². The van der Waals surface area contributed by atoms with Gasteiger partial charge in [0.25, 0.3) is 0 Å². The highest BCUT2D eigenvalue weighted by molar-refractivity contribution is 5.68. The largest absolute Gasteiger partial charge is 0.465 e. The van der Waals surface area contributed by atoms with Crippen molar-refractivity contribution in [3.63, 3.8) is 0 Å². The van der Waals surface area contributed by atoms with Crippen molar-refractivity contribution in [1.29, 1.82) is 0 Å². The fourth-order valence-electron chi connectivity index (χ4n) is 3.54. The highest BCUT2D eigenvalue weighted by atomic mass is 16.6. The topological polar surface area (TPSA) is 140 Å². The molecule has 9 heteroatoms. The molecule has 0 fully saturated rings. The second kappa shape index (κ2) is 13.7. The number of benzene rings is 2. The minimum atomic E-state index is -1.23. The zero-order valence-electron chi connectivity index (χ0n) is 20.5. The van der Waals surface area contributed by atoms with E-state index in [0.717, 1.165) is 11.1 Å². The van der Waals surface area contributed by atoms with E-state index in [1.165, 1.54) is 0 Å². The van der Waals surface area contributed by atoms with E-state index >= 15 is 0 Å². The molecule has 0 aliphatic carbocycles. The normalized spacial score (nSPS) is 14.9. The van der Waals surface area contributed by atoms with Crippen LogP contribution in [0.4, 0.5) is 9.59 Å². The summed E-state index contributed by atoms with van der Waals surface area (Å²) in [6.07, 6.45) is -4.19. The van der Waals surface area contributed by atoms with Crippen molar-refractivity contribution in [2.75, 3.05) is 13.1 Å². The molecular formula is C26H37N3O6. The molecule has 4 atom stereocenters. The van der Waals surface area contributed by atoms with Gasteiger partial charge in [0.15, 0.2) is 0 Å². The summed E-state index contributed by atoms with van der Waals surface area (Å²) < 4.78 is 5.54. The molecule has 0 saturated heterocycles. The number of aliphatic hydroxyl groups excluding tert-OH is 2. The second-order valence-corrected chi connectivity index (χ2v) is 9.55. The van der Waals surface area contributed by atoms with Crippen LogP contribution in [0, 0.1) is 0 Å². The van der Waals surface area contributed by atoms with Crippen molar-refractivity contribution in [2.45, 2.75) is 63.5 Å². The van der Waals surface area contributed by atoms with E-state index in [1.54, 1.807) is 0 Å². The molecule has 0 saturated carbocycles. The van der Waals surface area contributed by atoms with Gasteiger partial charge in [-0.05, 0) is 38.3 Å². The van der Waals surface area contributed by atoms with E-state index in [4.69, 9.17) is 9.84 Å². The van der Waals surface area contributed by atoms with Gasteiger partial charge in [0, 0.05) is 25.0 Å². The van der Waals surface area contributed by atoms with Crippen LogP contribution >= 0.6 is 0 Å². The van der Waals surface area contributed by atoms with E-state index < -0.39 is 42.1 Å². The maximum Gasteiger partial charge on any atom is 0.407 e. The number of alkyl carbamates (subject to hydrolysis) is 1. The van der Waals surface area contributed by atoms with Crippen molar-refractivity contribution < 1.29 is 29.6 Å². The Labute approximate surface area is 206 Å². The number of hydrogen-bond acceptors (Lipinski definition) is 6. The van der Waals surface area contributed by atoms with Gasteiger partial charge in [0.05, 0.1) is 12.1 Å². The van der Waals surface area contributed by atoms with Crippen molar-refractivity contribution in [3.8, 4) is 0 Å². The highest BCUT2D eigenvalue weighted by Crippen LogP contribution is 2.12. The highest BCUT2D eigenvalue weighted by Gasteiger charge is 2.27. The van der Waals surface area contributed by atoms with E-state index in [0.29, 0.717) is 12.8 Å². The van der Waals surface area contributed by atoms with E-state index in [-0.39, 0.29) is 13.1 Å². The molecule has 0 aromatic heterocycles. The lowest BCUT2D eigenvalue weighted by Crippen LogP contribution is -2.50. The summed E-state index contributed by atoms with van der Waals surface area (Å²) in [4.78, 5) is 23.6. The molecule has 2 aromatic carbocycles. The summed E-state index contributed by atoms with van der Waals surface area (Å²) in [5.41, 5.74) is 1.28. The Morgan fingerprint density at radius 3 is 1.89 bits per heavy atom. The standard InChI is InChI=1S/C26H37N3O6/c1-26(2,3)29-25(34)35-23(15-19-12-8-5-9-13-19)22(31)17-27-16-21(30)20(28-24(32)33)14-18-10-6-4-7-11-18/h4-13,20-23,27-28,30-31H,14-17H2,1-3H3,(H,29,34)(H,32,33)/t20-,21+,22?,23-/m0/s1. The summed E-state index contributed by atoms with van der Waals surface area (Å²) in [5, 5.41) is 38.6.